The molecule has 3 atom stereocenters. The zero-order valence-electron chi connectivity index (χ0n) is 20.0. The van der Waals surface area contributed by atoms with E-state index in [-0.39, 0.29) is 0 Å². The number of nitrogens with one attached hydrogen (secondary N) is 1. The zero-order valence-corrected chi connectivity index (χ0v) is 20.0. The highest BCUT2D eigenvalue weighted by Gasteiger charge is 2.41. The van der Waals surface area contributed by atoms with Gasteiger partial charge in [0.05, 0.1) is 11.9 Å². The van der Waals surface area contributed by atoms with E-state index in [1.807, 2.05) is 30.1 Å². The van der Waals surface area contributed by atoms with Crippen LogP contribution in [-0.2, 0) is 13.5 Å². The first-order valence-corrected chi connectivity index (χ1v) is 12.5. The Morgan fingerprint density at radius 2 is 1.91 bits per heavy atom. The number of hydrogen-bond acceptors (Lipinski definition) is 5. The number of aryl methyl sites for hydroxylation is 3. The Bertz CT molecular complexity index is 1010. The Morgan fingerprint density at radius 3 is 2.67 bits per heavy atom. The van der Waals surface area contributed by atoms with Crippen molar-refractivity contribution in [3.8, 4) is 11.4 Å². The molecule has 1 aliphatic carbocycles. The summed E-state index contributed by atoms with van der Waals surface area (Å²) in [6, 6.07) is 15.0. The number of rotatable bonds is 9. The van der Waals surface area contributed by atoms with Crippen molar-refractivity contribution in [3.05, 3.63) is 59.8 Å². The van der Waals surface area contributed by atoms with Gasteiger partial charge in [-0.1, -0.05) is 30.3 Å². The van der Waals surface area contributed by atoms with Gasteiger partial charge in [-0.15, -0.1) is 10.2 Å². The Hall–Kier alpha value is -2.73. The van der Waals surface area contributed by atoms with E-state index in [2.05, 4.69) is 62.8 Å². The topological polar surface area (TPSA) is 58.9 Å². The molecular weight excluding hydrogens is 408 g/mol. The van der Waals surface area contributed by atoms with Crippen LogP contribution in [0, 0.1) is 24.7 Å². The molecule has 5 rings (SSSR count). The standard InChI is InChI=1S/C27H36N6/c1-20-17-29-32(2)27(20)25-12-13-26(31-30-25)28-15-14-22-10-11-23-18-33(19-24(22)23)16-6-9-21-7-4-3-5-8-21/h3-5,7-8,12-13,17,22-24H,6,9-11,14-16,18-19H2,1-2H3,(H,28,31). The van der Waals surface area contributed by atoms with E-state index in [9.17, 15) is 0 Å². The average molecular weight is 445 g/mol. The van der Waals surface area contributed by atoms with Crippen molar-refractivity contribution < 1.29 is 0 Å². The molecule has 3 aromatic rings. The highest BCUT2D eigenvalue weighted by Crippen LogP contribution is 2.43. The van der Waals surface area contributed by atoms with E-state index in [1.165, 1.54) is 57.3 Å². The van der Waals surface area contributed by atoms with Gasteiger partial charge in [0, 0.05) is 26.7 Å². The molecule has 0 spiro atoms. The lowest BCUT2D eigenvalue weighted by Gasteiger charge is -2.21. The predicted octanol–water partition coefficient (Wildman–Crippen LogP) is 4.58. The number of likely N-dealkylation sites (tertiary alicyclic amines) is 1. The average Bonchev–Trinajstić information content (AvgIpc) is 3.50. The molecule has 2 aromatic heterocycles. The highest BCUT2D eigenvalue weighted by molar-refractivity contribution is 5.59. The third kappa shape index (κ3) is 5.11. The fraction of sp³-hybridized carbons (Fsp3) is 0.519. The molecule has 1 aliphatic heterocycles. The van der Waals surface area contributed by atoms with E-state index in [1.54, 1.807) is 0 Å². The smallest absolute Gasteiger partial charge is 0.148 e. The molecule has 2 fully saturated rings. The fourth-order valence-electron chi connectivity index (χ4n) is 6.02. The van der Waals surface area contributed by atoms with E-state index >= 15 is 0 Å². The van der Waals surface area contributed by atoms with E-state index in [4.69, 9.17) is 0 Å². The second-order valence-electron chi connectivity index (χ2n) is 9.93. The Kier molecular flexibility index (Phi) is 6.72. The molecule has 3 heterocycles. The van der Waals surface area contributed by atoms with Crippen molar-refractivity contribution in [2.45, 2.75) is 39.0 Å². The second-order valence-corrected chi connectivity index (χ2v) is 9.93. The SMILES string of the molecule is Cc1cnn(C)c1-c1ccc(NCCC2CCC3CN(CCCc4ccccc4)CC23)nn1. The summed E-state index contributed by atoms with van der Waals surface area (Å²) in [5.74, 6) is 3.49. The van der Waals surface area contributed by atoms with Gasteiger partial charge in [-0.3, -0.25) is 4.68 Å². The summed E-state index contributed by atoms with van der Waals surface area (Å²) in [6.45, 7) is 6.87. The Balaban J connectivity index is 1.06. The van der Waals surface area contributed by atoms with Crippen LogP contribution in [-0.4, -0.2) is 51.1 Å². The third-order valence-corrected chi connectivity index (χ3v) is 7.71. The molecule has 0 bridgehead atoms. The molecule has 0 radical (unpaired) electrons. The van der Waals surface area contributed by atoms with Crippen LogP contribution in [0.1, 0.15) is 36.8 Å². The van der Waals surface area contributed by atoms with Crippen molar-refractivity contribution in [3.63, 3.8) is 0 Å². The van der Waals surface area contributed by atoms with Gasteiger partial charge in [0.2, 0.25) is 0 Å². The van der Waals surface area contributed by atoms with Gasteiger partial charge >= 0.3 is 0 Å². The van der Waals surface area contributed by atoms with Crippen molar-refractivity contribution in [2.75, 3.05) is 31.5 Å². The normalized spacial score (nSPS) is 22.5. The maximum absolute atomic E-state index is 4.43. The van der Waals surface area contributed by atoms with Crippen molar-refractivity contribution in [1.29, 1.82) is 0 Å². The van der Waals surface area contributed by atoms with Crippen LogP contribution >= 0.6 is 0 Å². The summed E-state index contributed by atoms with van der Waals surface area (Å²) in [7, 11) is 1.94. The van der Waals surface area contributed by atoms with Crippen molar-refractivity contribution in [1.82, 2.24) is 24.9 Å². The number of fused-ring (bicyclic) bond motifs is 1. The molecule has 2 aliphatic rings. The van der Waals surface area contributed by atoms with Crippen LogP contribution in [0.2, 0.25) is 0 Å². The maximum Gasteiger partial charge on any atom is 0.148 e. The maximum atomic E-state index is 4.43. The molecule has 1 N–H and O–H groups in total. The third-order valence-electron chi connectivity index (χ3n) is 7.71. The summed E-state index contributed by atoms with van der Waals surface area (Å²) in [6.07, 6.45) is 8.35. The number of benzene rings is 1. The fourth-order valence-corrected chi connectivity index (χ4v) is 6.02. The van der Waals surface area contributed by atoms with Gasteiger partial charge < -0.3 is 10.2 Å². The molecule has 0 amide bonds. The van der Waals surface area contributed by atoms with Crippen molar-refractivity contribution >= 4 is 5.82 Å². The number of aromatic nitrogens is 4. The Morgan fingerprint density at radius 1 is 1.03 bits per heavy atom. The molecule has 1 saturated heterocycles. The first kappa shape index (κ1) is 22.1. The van der Waals surface area contributed by atoms with Gasteiger partial charge in [0.15, 0.2) is 0 Å². The van der Waals surface area contributed by atoms with Crippen molar-refractivity contribution in [2.24, 2.45) is 24.8 Å². The molecule has 3 unspecified atom stereocenters. The predicted molar refractivity (Wildman–Crippen MR) is 133 cm³/mol. The van der Waals surface area contributed by atoms with Crippen LogP contribution in [0.3, 0.4) is 0 Å². The van der Waals surface area contributed by atoms with Crippen LogP contribution in [0.15, 0.2) is 48.7 Å². The molecule has 174 valence electrons. The molecule has 6 nitrogen and oxygen atoms in total. The first-order valence-electron chi connectivity index (χ1n) is 12.5. The second kappa shape index (κ2) is 10.0. The molecule has 1 aromatic carbocycles. The van der Waals surface area contributed by atoms with E-state index in [0.717, 1.165) is 47.1 Å². The lowest BCUT2D eigenvalue weighted by molar-refractivity contribution is 0.282. The summed E-state index contributed by atoms with van der Waals surface area (Å²) in [5, 5.41) is 16.6. The van der Waals surface area contributed by atoms with E-state index < -0.39 is 0 Å². The van der Waals surface area contributed by atoms with Crippen LogP contribution in [0.25, 0.3) is 11.4 Å². The monoisotopic (exact) mass is 444 g/mol. The van der Waals surface area contributed by atoms with Crippen LogP contribution in [0.4, 0.5) is 5.82 Å². The molecule has 1 saturated carbocycles. The van der Waals surface area contributed by atoms with Gasteiger partial charge in [-0.05, 0) is 86.6 Å². The molecular formula is C27H36N6. The quantitative estimate of drug-likeness (QED) is 0.524. The number of anilines is 1. The largest absolute Gasteiger partial charge is 0.369 e. The lowest BCUT2D eigenvalue weighted by atomic mass is 9.90. The van der Waals surface area contributed by atoms with Gasteiger partial charge in [-0.2, -0.15) is 5.10 Å². The minimum Gasteiger partial charge on any atom is -0.369 e. The van der Waals surface area contributed by atoms with Crippen LogP contribution < -0.4 is 5.32 Å². The highest BCUT2D eigenvalue weighted by atomic mass is 15.3. The summed E-state index contributed by atoms with van der Waals surface area (Å²) < 4.78 is 1.86. The zero-order chi connectivity index (χ0) is 22.6. The van der Waals surface area contributed by atoms with Gasteiger partial charge in [-0.25, -0.2) is 0 Å². The lowest BCUT2D eigenvalue weighted by Crippen LogP contribution is -2.25. The molecule has 6 heteroatoms. The van der Waals surface area contributed by atoms with Gasteiger partial charge in [0.1, 0.15) is 11.5 Å². The minimum absolute atomic E-state index is 0.839. The summed E-state index contributed by atoms with van der Waals surface area (Å²) in [4.78, 5) is 2.72. The summed E-state index contributed by atoms with van der Waals surface area (Å²) in [5.41, 5.74) is 4.48. The number of nitrogens with zero attached hydrogens (tertiary/aromatic N) is 5. The van der Waals surface area contributed by atoms with Crippen LogP contribution in [0.5, 0.6) is 0 Å². The number of hydrogen-bond donors (Lipinski definition) is 1. The van der Waals surface area contributed by atoms with E-state index in [0.29, 0.717) is 0 Å². The first-order chi connectivity index (χ1) is 16.2. The summed E-state index contributed by atoms with van der Waals surface area (Å²) >= 11 is 0. The Labute approximate surface area is 197 Å². The van der Waals surface area contributed by atoms with Gasteiger partial charge in [0.25, 0.3) is 0 Å². The molecule has 33 heavy (non-hydrogen) atoms. The minimum atomic E-state index is 0.839.